The Labute approximate surface area is 60.6 Å². The summed E-state index contributed by atoms with van der Waals surface area (Å²) in [6.07, 6.45) is 4.99. The van der Waals surface area contributed by atoms with E-state index in [1.807, 2.05) is 18.2 Å². The van der Waals surface area contributed by atoms with Crippen LogP contribution in [0.3, 0.4) is 0 Å². The van der Waals surface area contributed by atoms with Crippen molar-refractivity contribution in [3.63, 3.8) is 0 Å². The average Bonchev–Trinajstić information content (AvgIpc) is 2.03. The zero-order valence-corrected chi connectivity index (χ0v) is 5.50. The third-order valence-electron chi connectivity index (χ3n) is 1.00. The van der Waals surface area contributed by atoms with Crippen LogP contribution < -0.4 is 4.74 Å². The summed E-state index contributed by atoms with van der Waals surface area (Å²) in [5, 5.41) is 0. The monoisotopic (exact) mass is 131 g/mol. The Hall–Kier alpha value is -1.42. The van der Waals surface area contributed by atoms with E-state index in [2.05, 4.69) is 12.0 Å². The highest BCUT2D eigenvalue weighted by Gasteiger charge is 1.85. The molecule has 1 nitrogen and oxygen atoms in total. The lowest BCUT2D eigenvalue weighted by atomic mass is 10.3. The maximum atomic E-state index is 5.09. The van der Waals surface area contributed by atoms with Gasteiger partial charge in [-0.1, -0.05) is 18.1 Å². The van der Waals surface area contributed by atoms with Gasteiger partial charge in [-0.15, -0.1) is 6.42 Å². The van der Waals surface area contributed by atoms with Crippen molar-refractivity contribution in [2.45, 2.75) is 0 Å². The fourth-order valence-corrected chi connectivity index (χ4v) is 0.592. The van der Waals surface area contributed by atoms with Gasteiger partial charge >= 0.3 is 0 Å². The summed E-state index contributed by atoms with van der Waals surface area (Å²) in [6, 6.07) is 10.1. The molecular formula is C9H7O. The molecule has 49 valence electrons. The molecular weight excluding hydrogens is 124 g/mol. The van der Waals surface area contributed by atoms with E-state index in [0.717, 1.165) is 5.75 Å². The van der Waals surface area contributed by atoms with Crippen LogP contribution in [-0.2, 0) is 0 Å². The van der Waals surface area contributed by atoms with Crippen LogP contribution in [0.25, 0.3) is 0 Å². The predicted octanol–water partition coefficient (Wildman–Crippen LogP) is 1.50. The van der Waals surface area contributed by atoms with Crippen LogP contribution in [-0.4, -0.2) is 6.61 Å². The first-order valence-electron chi connectivity index (χ1n) is 2.96. The summed E-state index contributed by atoms with van der Waals surface area (Å²) >= 11 is 0. The van der Waals surface area contributed by atoms with Gasteiger partial charge in [0.15, 0.2) is 0 Å². The van der Waals surface area contributed by atoms with E-state index >= 15 is 0 Å². The van der Waals surface area contributed by atoms with Crippen LogP contribution in [0.15, 0.2) is 24.3 Å². The first-order chi connectivity index (χ1) is 4.93. The van der Waals surface area contributed by atoms with Crippen LogP contribution in [0.2, 0.25) is 0 Å². The van der Waals surface area contributed by atoms with Crippen molar-refractivity contribution in [3.05, 3.63) is 30.3 Å². The van der Waals surface area contributed by atoms with Crippen molar-refractivity contribution in [3.8, 4) is 18.1 Å². The Morgan fingerprint density at radius 1 is 1.70 bits per heavy atom. The molecule has 0 aliphatic heterocycles. The Bertz CT molecular complexity index is 220. The smallest absolute Gasteiger partial charge is 0.148 e. The molecule has 1 aromatic carbocycles. The minimum Gasteiger partial charge on any atom is -0.481 e. The minimum absolute atomic E-state index is 0.317. The Morgan fingerprint density at radius 2 is 2.60 bits per heavy atom. The summed E-state index contributed by atoms with van der Waals surface area (Å²) in [4.78, 5) is 0. The topological polar surface area (TPSA) is 9.23 Å². The second-order valence-electron chi connectivity index (χ2n) is 1.73. The third kappa shape index (κ3) is 1.83. The molecule has 0 atom stereocenters. The molecule has 1 heteroatoms. The van der Waals surface area contributed by atoms with Crippen molar-refractivity contribution in [2.24, 2.45) is 0 Å². The van der Waals surface area contributed by atoms with Gasteiger partial charge < -0.3 is 4.74 Å². The number of hydrogen-bond acceptors (Lipinski definition) is 1. The van der Waals surface area contributed by atoms with Gasteiger partial charge in [0.05, 0.1) is 0 Å². The molecule has 0 heterocycles. The van der Waals surface area contributed by atoms with Crippen molar-refractivity contribution in [2.75, 3.05) is 6.61 Å². The van der Waals surface area contributed by atoms with Gasteiger partial charge in [-0.25, -0.2) is 0 Å². The van der Waals surface area contributed by atoms with Gasteiger partial charge in [0.25, 0.3) is 0 Å². The highest BCUT2D eigenvalue weighted by atomic mass is 16.5. The van der Waals surface area contributed by atoms with E-state index in [1.54, 1.807) is 6.07 Å². The molecule has 0 spiro atoms. The molecule has 0 unspecified atom stereocenters. The standard InChI is InChI=1S/C9H7O/c1-2-8-10-9-6-4-3-5-7-9/h1,3-4,6-7H,8H2. The molecule has 0 aliphatic carbocycles. The second kappa shape index (κ2) is 3.58. The minimum atomic E-state index is 0.317. The average molecular weight is 131 g/mol. The quantitative estimate of drug-likeness (QED) is 0.552. The normalized spacial score (nSPS) is 8.30. The molecule has 10 heavy (non-hydrogen) atoms. The number of hydrogen-bond donors (Lipinski definition) is 0. The van der Waals surface area contributed by atoms with E-state index in [1.165, 1.54) is 0 Å². The summed E-state index contributed by atoms with van der Waals surface area (Å²) in [6.45, 7) is 0.317. The lowest BCUT2D eigenvalue weighted by molar-refractivity contribution is 0.370. The molecule has 0 saturated carbocycles. The van der Waals surface area contributed by atoms with Crippen molar-refractivity contribution in [1.29, 1.82) is 0 Å². The summed E-state index contributed by atoms with van der Waals surface area (Å²) in [7, 11) is 0. The zero-order valence-electron chi connectivity index (χ0n) is 5.50. The van der Waals surface area contributed by atoms with Crippen molar-refractivity contribution in [1.82, 2.24) is 0 Å². The van der Waals surface area contributed by atoms with Crippen molar-refractivity contribution < 1.29 is 4.74 Å². The maximum Gasteiger partial charge on any atom is 0.148 e. The molecule has 0 bridgehead atoms. The molecule has 0 aliphatic rings. The maximum absolute atomic E-state index is 5.09. The molecule has 0 fully saturated rings. The Kier molecular flexibility index (Phi) is 2.39. The molecule has 1 radical (unpaired) electrons. The van der Waals surface area contributed by atoms with Gasteiger partial charge in [0, 0.05) is 0 Å². The van der Waals surface area contributed by atoms with Gasteiger partial charge in [-0.05, 0) is 18.2 Å². The van der Waals surface area contributed by atoms with Crippen LogP contribution >= 0.6 is 0 Å². The van der Waals surface area contributed by atoms with E-state index < -0.39 is 0 Å². The number of terminal acetylenes is 1. The van der Waals surface area contributed by atoms with Gasteiger partial charge in [-0.2, -0.15) is 0 Å². The summed E-state index contributed by atoms with van der Waals surface area (Å²) < 4.78 is 5.09. The van der Waals surface area contributed by atoms with E-state index in [9.17, 15) is 0 Å². The highest BCUT2D eigenvalue weighted by molar-refractivity contribution is 5.20. The Morgan fingerprint density at radius 3 is 3.20 bits per heavy atom. The van der Waals surface area contributed by atoms with Crippen LogP contribution in [0, 0.1) is 18.4 Å². The fourth-order valence-electron chi connectivity index (χ4n) is 0.592. The first kappa shape index (κ1) is 6.70. The first-order valence-corrected chi connectivity index (χ1v) is 2.96. The molecule has 1 aromatic rings. The highest BCUT2D eigenvalue weighted by Crippen LogP contribution is 2.06. The van der Waals surface area contributed by atoms with E-state index in [-0.39, 0.29) is 0 Å². The predicted molar refractivity (Wildman–Crippen MR) is 39.6 cm³/mol. The van der Waals surface area contributed by atoms with Crippen LogP contribution in [0.5, 0.6) is 5.75 Å². The van der Waals surface area contributed by atoms with Crippen molar-refractivity contribution >= 4 is 0 Å². The molecule has 0 amide bonds. The number of benzene rings is 1. The molecule has 0 saturated heterocycles. The summed E-state index contributed by atoms with van der Waals surface area (Å²) in [5.41, 5.74) is 0. The van der Waals surface area contributed by atoms with Gasteiger partial charge in [0.1, 0.15) is 12.4 Å². The van der Waals surface area contributed by atoms with Crippen LogP contribution in [0.4, 0.5) is 0 Å². The number of rotatable bonds is 2. The lowest BCUT2D eigenvalue weighted by Crippen LogP contribution is -1.91. The Balaban J connectivity index is 2.52. The molecule has 0 N–H and O–H groups in total. The number of ether oxygens (including phenoxy) is 1. The van der Waals surface area contributed by atoms with E-state index in [0.29, 0.717) is 6.61 Å². The van der Waals surface area contributed by atoms with Gasteiger partial charge in [0.2, 0.25) is 0 Å². The zero-order chi connectivity index (χ0) is 7.23. The molecule has 1 rings (SSSR count). The third-order valence-corrected chi connectivity index (χ3v) is 1.00. The lowest BCUT2D eigenvalue weighted by Gasteiger charge is -1.98. The molecule has 0 aromatic heterocycles. The second-order valence-corrected chi connectivity index (χ2v) is 1.73. The van der Waals surface area contributed by atoms with Crippen LogP contribution in [0.1, 0.15) is 0 Å². The largest absolute Gasteiger partial charge is 0.481 e. The van der Waals surface area contributed by atoms with Gasteiger partial charge in [-0.3, -0.25) is 0 Å². The summed E-state index contributed by atoms with van der Waals surface area (Å²) in [5.74, 6) is 3.14. The van der Waals surface area contributed by atoms with E-state index in [4.69, 9.17) is 11.2 Å². The fraction of sp³-hybridized carbons (Fsp3) is 0.111. The SMILES string of the molecule is C#CCOc1c[c]ccc1.